The van der Waals surface area contributed by atoms with Crippen LogP contribution in [0, 0.1) is 10.1 Å². The van der Waals surface area contributed by atoms with E-state index in [4.69, 9.17) is 5.14 Å². The summed E-state index contributed by atoms with van der Waals surface area (Å²) in [4.78, 5) is 10.1. The summed E-state index contributed by atoms with van der Waals surface area (Å²) in [5, 5.41) is 28.9. The van der Waals surface area contributed by atoms with Crippen LogP contribution >= 0.6 is 0 Å². The number of nitrogens with zero attached hydrogens (tertiary/aromatic N) is 1. The zero-order chi connectivity index (χ0) is 15.6. The molecule has 2 unspecified atom stereocenters. The summed E-state index contributed by atoms with van der Waals surface area (Å²) in [6.45, 7) is 0. The third-order valence-corrected chi connectivity index (χ3v) is 4.48. The predicted octanol–water partition coefficient (Wildman–Crippen LogP) is 0.958. The van der Waals surface area contributed by atoms with Gasteiger partial charge < -0.3 is 10.4 Å². The molecule has 8 nitrogen and oxygen atoms in total. The molecule has 116 valence electrons. The van der Waals surface area contributed by atoms with Gasteiger partial charge in [-0.3, -0.25) is 10.1 Å². The van der Waals surface area contributed by atoms with Crippen molar-refractivity contribution >= 4 is 21.4 Å². The van der Waals surface area contributed by atoms with Gasteiger partial charge in [-0.1, -0.05) is 12.8 Å². The highest BCUT2D eigenvalue weighted by Gasteiger charge is 2.26. The molecule has 0 bridgehead atoms. The minimum Gasteiger partial charge on any atom is -0.391 e. The van der Waals surface area contributed by atoms with Crippen molar-refractivity contribution in [2.24, 2.45) is 5.14 Å². The van der Waals surface area contributed by atoms with E-state index in [9.17, 15) is 23.6 Å². The number of primary sulfonamides is 1. The molecule has 2 rings (SSSR count). The number of nitro groups is 1. The first-order valence-electron chi connectivity index (χ1n) is 6.55. The second kappa shape index (κ2) is 5.96. The van der Waals surface area contributed by atoms with Crippen molar-refractivity contribution in [3.63, 3.8) is 0 Å². The molecule has 2 atom stereocenters. The lowest BCUT2D eigenvalue weighted by Crippen LogP contribution is -2.36. The van der Waals surface area contributed by atoms with Crippen LogP contribution in [-0.4, -0.2) is 30.6 Å². The van der Waals surface area contributed by atoms with Crippen molar-refractivity contribution in [2.45, 2.75) is 42.7 Å². The third-order valence-electron chi connectivity index (χ3n) is 3.56. The van der Waals surface area contributed by atoms with Gasteiger partial charge in [0.25, 0.3) is 5.69 Å². The largest absolute Gasteiger partial charge is 0.391 e. The lowest BCUT2D eigenvalue weighted by atomic mass is 9.92. The van der Waals surface area contributed by atoms with Crippen molar-refractivity contribution in [1.82, 2.24) is 0 Å². The number of anilines is 1. The Hall–Kier alpha value is -1.71. The monoisotopic (exact) mass is 315 g/mol. The van der Waals surface area contributed by atoms with E-state index < -0.39 is 21.1 Å². The summed E-state index contributed by atoms with van der Waals surface area (Å²) < 4.78 is 22.5. The molecular weight excluding hydrogens is 298 g/mol. The van der Waals surface area contributed by atoms with E-state index in [1.807, 2.05) is 0 Å². The van der Waals surface area contributed by atoms with Crippen LogP contribution in [0.4, 0.5) is 11.4 Å². The topological polar surface area (TPSA) is 136 Å². The average molecular weight is 315 g/mol. The Labute approximate surface area is 122 Å². The Bertz CT molecular complexity index is 646. The molecule has 0 heterocycles. The van der Waals surface area contributed by atoms with Crippen LogP contribution in [0.5, 0.6) is 0 Å². The van der Waals surface area contributed by atoms with Gasteiger partial charge in [-0.05, 0) is 25.0 Å². The van der Waals surface area contributed by atoms with Gasteiger partial charge >= 0.3 is 0 Å². The lowest BCUT2D eigenvalue weighted by molar-refractivity contribution is -0.384. The summed E-state index contributed by atoms with van der Waals surface area (Å²) in [5.41, 5.74) is -0.197. The van der Waals surface area contributed by atoms with Crippen LogP contribution in [0.25, 0.3) is 0 Å². The lowest BCUT2D eigenvalue weighted by Gasteiger charge is -2.29. The standard InChI is InChI=1S/C12H17N3O5S/c13-21(19,20)8-5-6-9(11(7-8)15(17)18)14-10-3-1-2-4-12(10)16/h5-7,10,12,14,16H,1-4H2,(H2,13,19,20). The van der Waals surface area contributed by atoms with Crippen molar-refractivity contribution in [2.75, 3.05) is 5.32 Å². The van der Waals surface area contributed by atoms with Crippen molar-refractivity contribution in [3.8, 4) is 0 Å². The number of nitrogens with one attached hydrogen (secondary N) is 1. The van der Waals surface area contributed by atoms with Gasteiger partial charge in [0.15, 0.2) is 0 Å². The maximum Gasteiger partial charge on any atom is 0.293 e. The normalized spacial score (nSPS) is 22.8. The second-order valence-electron chi connectivity index (χ2n) is 5.08. The van der Waals surface area contributed by atoms with E-state index in [1.165, 1.54) is 12.1 Å². The quantitative estimate of drug-likeness (QED) is 0.559. The maximum atomic E-state index is 11.3. The van der Waals surface area contributed by atoms with E-state index in [0.29, 0.717) is 12.8 Å². The summed E-state index contributed by atoms with van der Waals surface area (Å²) >= 11 is 0. The Morgan fingerprint density at radius 3 is 2.57 bits per heavy atom. The number of hydrogen-bond donors (Lipinski definition) is 3. The van der Waals surface area contributed by atoms with Crippen LogP contribution in [0.15, 0.2) is 23.1 Å². The average Bonchev–Trinajstić information content (AvgIpc) is 2.40. The smallest absolute Gasteiger partial charge is 0.293 e. The molecule has 0 aromatic heterocycles. The van der Waals surface area contributed by atoms with E-state index in [2.05, 4.69) is 5.32 Å². The highest BCUT2D eigenvalue weighted by molar-refractivity contribution is 7.89. The van der Waals surface area contributed by atoms with E-state index in [-0.39, 0.29) is 22.3 Å². The highest BCUT2D eigenvalue weighted by Crippen LogP contribution is 2.30. The zero-order valence-corrected chi connectivity index (χ0v) is 12.0. The van der Waals surface area contributed by atoms with Crippen LogP contribution in [0.3, 0.4) is 0 Å². The van der Waals surface area contributed by atoms with Crippen molar-refractivity contribution in [1.29, 1.82) is 0 Å². The molecule has 1 aromatic rings. The van der Waals surface area contributed by atoms with E-state index in [0.717, 1.165) is 18.9 Å². The molecule has 21 heavy (non-hydrogen) atoms. The number of aliphatic hydroxyl groups is 1. The Morgan fingerprint density at radius 1 is 1.33 bits per heavy atom. The first-order chi connectivity index (χ1) is 9.79. The first kappa shape index (κ1) is 15.7. The zero-order valence-electron chi connectivity index (χ0n) is 11.2. The molecule has 0 spiro atoms. The van der Waals surface area contributed by atoms with Crippen molar-refractivity contribution in [3.05, 3.63) is 28.3 Å². The van der Waals surface area contributed by atoms with Gasteiger partial charge in [-0.2, -0.15) is 0 Å². The van der Waals surface area contributed by atoms with Gasteiger partial charge in [0.2, 0.25) is 10.0 Å². The number of nitrogens with two attached hydrogens (primary N) is 1. The summed E-state index contributed by atoms with van der Waals surface area (Å²) in [5.74, 6) is 0. The number of aliphatic hydroxyl groups excluding tert-OH is 1. The Kier molecular flexibility index (Phi) is 4.45. The molecule has 1 saturated carbocycles. The number of benzene rings is 1. The Morgan fingerprint density at radius 2 is 2.00 bits per heavy atom. The van der Waals surface area contributed by atoms with E-state index >= 15 is 0 Å². The maximum absolute atomic E-state index is 11.3. The van der Waals surface area contributed by atoms with Crippen LogP contribution in [0.1, 0.15) is 25.7 Å². The fourth-order valence-corrected chi connectivity index (χ4v) is 2.97. The Balaban J connectivity index is 2.32. The number of sulfonamides is 1. The molecule has 0 aliphatic heterocycles. The van der Waals surface area contributed by atoms with Gasteiger partial charge in [0, 0.05) is 6.07 Å². The van der Waals surface area contributed by atoms with Crippen molar-refractivity contribution < 1.29 is 18.4 Å². The molecule has 1 aliphatic carbocycles. The minimum absolute atomic E-state index is 0.179. The molecule has 1 fully saturated rings. The minimum atomic E-state index is -4.00. The summed E-state index contributed by atoms with van der Waals surface area (Å²) in [7, 11) is -4.00. The molecule has 0 radical (unpaired) electrons. The van der Waals surface area contributed by atoms with Gasteiger partial charge in [-0.15, -0.1) is 0 Å². The van der Waals surface area contributed by atoms with Gasteiger partial charge in [0.05, 0.1) is 22.0 Å². The van der Waals surface area contributed by atoms with E-state index in [1.54, 1.807) is 0 Å². The SMILES string of the molecule is NS(=O)(=O)c1ccc(NC2CCCCC2O)c([N+](=O)[O-])c1. The number of rotatable bonds is 4. The molecular formula is C12H17N3O5S. The molecule has 1 aromatic carbocycles. The molecule has 0 amide bonds. The second-order valence-corrected chi connectivity index (χ2v) is 6.65. The molecule has 9 heteroatoms. The fraction of sp³-hybridized carbons (Fsp3) is 0.500. The third kappa shape index (κ3) is 3.69. The van der Waals surface area contributed by atoms with Crippen LogP contribution in [-0.2, 0) is 10.0 Å². The predicted molar refractivity (Wildman–Crippen MR) is 76.4 cm³/mol. The van der Waals surface area contributed by atoms with Gasteiger partial charge in [-0.25, -0.2) is 13.6 Å². The first-order valence-corrected chi connectivity index (χ1v) is 8.09. The van der Waals surface area contributed by atoms with Gasteiger partial charge in [0.1, 0.15) is 5.69 Å². The van der Waals surface area contributed by atoms with Crippen LogP contribution < -0.4 is 10.5 Å². The molecule has 4 N–H and O–H groups in total. The number of nitro benzene ring substituents is 1. The van der Waals surface area contributed by atoms with Crippen LogP contribution in [0.2, 0.25) is 0 Å². The number of hydrogen-bond acceptors (Lipinski definition) is 6. The fourth-order valence-electron chi connectivity index (χ4n) is 2.44. The summed E-state index contributed by atoms with van der Waals surface area (Å²) in [6.07, 6.45) is 2.62. The summed E-state index contributed by atoms with van der Waals surface area (Å²) in [6, 6.07) is 3.16. The highest BCUT2D eigenvalue weighted by atomic mass is 32.2. The molecule has 0 saturated heterocycles. The molecule has 1 aliphatic rings.